The first-order valence-electron chi connectivity index (χ1n) is 8.27. The highest BCUT2D eigenvalue weighted by atomic mass is 16.5. The number of furan rings is 3. The molecular formula is C19H23NO5. The number of aryl methyl sites for hydroxylation is 1. The number of nitrogens with zero attached hydrogens (tertiary/aromatic N) is 1. The molecular weight excluding hydrogens is 322 g/mol. The molecule has 3 heterocycles. The summed E-state index contributed by atoms with van der Waals surface area (Å²) in [5.41, 5.74) is 0. The Bertz CT molecular complexity index is 717. The summed E-state index contributed by atoms with van der Waals surface area (Å²) in [5, 5.41) is 10.3. The molecule has 0 aliphatic rings. The molecule has 0 saturated carbocycles. The first-order valence-corrected chi connectivity index (χ1v) is 8.27. The summed E-state index contributed by atoms with van der Waals surface area (Å²) < 4.78 is 21.8. The van der Waals surface area contributed by atoms with Crippen molar-refractivity contribution in [2.24, 2.45) is 0 Å². The van der Waals surface area contributed by atoms with Crippen molar-refractivity contribution in [3.8, 4) is 0 Å². The van der Waals surface area contributed by atoms with E-state index in [4.69, 9.17) is 18.0 Å². The second kappa shape index (κ2) is 8.71. The molecule has 1 unspecified atom stereocenters. The van der Waals surface area contributed by atoms with Crippen LogP contribution in [0.15, 0.2) is 62.2 Å². The fraction of sp³-hybridized carbons (Fsp3) is 0.368. The third-order valence-electron chi connectivity index (χ3n) is 3.74. The minimum Gasteiger partial charge on any atom is -0.468 e. The van der Waals surface area contributed by atoms with Crippen LogP contribution in [0.3, 0.4) is 0 Å². The molecule has 0 fully saturated rings. The molecule has 3 rings (SSSR count). The van der Waals surface area contributed by atoms with Crippen LogP contribution in [0, 0.1) is 6.92 Å². The minimum atomic E-state index is -0.624. The Morgan fingerprint density at radius 3 is 2.36 bits per heavy atom. The number of rotatable bonds is 10. The Hall–Kier alpha value is -2.28. The van der Waals surface area contributed by atoms with Gasteiger partial charge in [-0.3, -0.25) is 4.90 Å². The van der Waals surface area contributed by atoms with E-state index >= 15 is 0 Å². The largest absolute Gasteiger partial charge is 0.468 e. The number of hydrogen-bond donors (Lipinski definition) is 1. The predicted octanol–water partition coefficient (Wildman–Crippen LogP) is 3.35. The lowest BCUT2D eigenvalue weighted by atomic mass is 10.3. The summed E-state index contributed by atoms with van der Waals surface area (Å²) in [4.78, 5) is 2.07. The van der Waals surface area contributed by atoms with Crippen molar-refractivity contribution in [3.05, 3.63) is 72.0 Å². The highest BCUT2D eigenvalue weighted by Gasteiger charge is 2.16. The maximum atomic E-state index is 10.3. The van der Waals surface area contributed by atoms with Crippen LogP contribution < -0.4 is 0 Å². The van der Waals surface area contributed by atoms with Crippen LogP contribution in [0.2, 0.25) is 0 Å². The quantitative estimate of drug-likeness (QED) is 0.607. The van der Waals surface area contributed by atoms with E-state index in [1.807, 2.05) is 43.3 Å². The number of aliphatic hydroxyl groups is 1. The smallest absolute Gasteiger partial charge is 0.129 e. The van der Waals surface area contributed by atoms with Gasteiger partial charge in [0.25, 0.3) is 0 Å². The molecule has 25 heavy (non-hydrogen) atoms. The molecule has 1 atom stereocenters. The van der Waals surface area contributed by atoms with Crippen molar-refractivity contribution in [2.45, 2.75) is 32.7 Å². The van der Waals surface area contributed by atoms with E-state index in [0.29, 0.717) is 26.2 Å². The average Bonchev–Trinajstić information content (AvgIpc) is 3.31. The second-order valence-electron chi connectivity index (χ2n) is 6.01. The van der Waals surface area contributed by atoms with Crippen LogP contribution in [0.1, 0.15) is 23.0 Å². The first kappa shape index (κ1) is 17.5. The molecule has 0 saturated heterocycles. The lowest BCUT2D eigenvalue weighted by Crippen LogP contribution is -2.34. The summed E-state index contributed by atoms with van der Waals surface area (Å²) in [6.07, 6.45) is 2.62. The Balaban J connectivity index is 1.52. The summed E-state index contributed by atoms with van der Waals surface area (Å²) in [7, 11) is 0. The van der Waals surface area contributed by atoms with Gasteiger partial charge in [-0.1, -0.05) is 0 Å². The van der Waals surface area contributed by atoms with Gasteiger partial charge in [0.05, 0.1) is 38.3 Å². The highest BCUT2D eigenvalue weighted by molar-refractivity contribution is 5.06. The summed E-state index contributed by atoms with van der Waals surface area (Å²) in [6, 6.07) is 11.3. The van der Waals surface area contributed by atoms with Gasteiger partial charge in [-0.15, -0.1) is 0 Å². The lowest BCUT2D eigenvalue weighted by Gasteiger charge is -2.23. The first-order chi connectivity index (χ1) is 12.2. The maximum absolute atomic E-state index is 10.3. The van der Waals surface area contributed by atoms with Crippen LogP contribution in [-0.4, -0.2) is 29.3 Å². The third-order valence-corrected chi connectivity index (χ3v) is 3.74. The van der Waals surface area contributed by atoms with Gasteiger partial charge in [0.2, 0.25) is 0 Å². The van der Waals surface area contributed by atoms with Crippen molar-refractivity contribution in [3.63, 3.8) is 0 Å². The molecule has 0 aromatic carbocycles. The van der Waals surface area contributed by atoms with E-state index in [1.165, 1.54) is 0 Å². The van der Waals surface area contributed by atoms with Crippen LogP contribution in [0.4, 0.5) is 0 Å². The molecule has 3 aromatic heterocycles. The van der Waals surface area contributed by atoms with Gasteiger partial charge in [0, 0.05) is 6.54 Å². The number of ether oxygens (including phenoxy) is 1. The molecule has 0 aliphatic heterocycles. The number of hydrogen-bond acceptors (Lipinski definition) is 6. The van der Waals surface area contributed by atoms with Gasteiger partial charge >= 0.3 is 0 Å². The zero-order valence-electron chi connectivity index (χ0n) is 14.3. The highest BCUT2D eigenvalue weighted by Crippen LogP contribution is 2.14. The fourth-order valence-electron chi connectivity index (χ4n) is 2.64. The van der Waals surface area contributed by atoms with Crippen LogP contribution >= 0.6 is 0 Å². The van der Waals surface area contributed by atoms with Crippen molar-refractivity contribution >= 4 is 0 Å². The maximum Gasteiger partial charge on any atom is 0.129 e. The van der Waals surface area contributed by atoms with E-state index in [1.54, 1.807) is 12.5 Å². The Morgan fingerprint density at radius 2 is 1.72 bits per heavy atom. The van der Waals surface area contributed by atoms with Crippen molar-refractivity contribution in [2.75, 3.05) is 13.2 Å². The molecule has 0 spiro atoms. The van der Waals surface area contributed by atoms with Crippen molar-refractivity contribution in [1.29, 1.82) is 0 Å². The second-order valence-corrected chi connectivity index (χ2v) is 6.01. The lowest BCUT2D eigenvalue weighted by molar-refractivity contribution is 0.000656. The van der Waals surface area contributed by atoms with E-state index in [9.17, 15) is 5.11 Å². The average molecular weight is 345 g/mol. The molecule has 3 aromatic rings. The molecule has 0 aliphatic carbocycles. The topological polar surface area (TPSA) is 72.1 Å². The summed E-state index contributed by atoms with van der Waals surface area (Å²) in [6.45, 7) is 4.11. The van der Waals surface area contributed by atoms with Crippen LogP contribution in [-0.2, 0) is 24.4 Å². The molecule has 1 N–H and O–H groups in total. The molecule has 6 nitrogen and oxygen atoms in total. The van der Waals surface area contributed by atoms with Crippen LogP contribution in [0.25, 0.3) is 0 Å². The molecule has 0 radical (unpaired) electrons. The third kappa shape index (κ3) is 5.63. The zero-order valence-corrected chi connectivity index (χ0v) is 14.3. The van der Waals surface area contributed by atoms with Gasteiger partial charge in [0.1, 0.15) is 29.6 Å². The fourth-order valence-corrected chi connectivity index (χ4v) is 2.64. The van der Waals surface area contributed by atoms with E-state index in [2.05, 4.69) is 4.90 Å². The Morgan fingerprint density at radius 1 is 1.00 bits per heavy atom. The van der Waals surface area contributed by atoms with Gasteiger partial charge in [-0.25, -0.2) is 0 Å². The van der Waals surface area contributed by atoms with E-state index < -0.39 is 6.10 Å². The number of aliphatic hydroxyl groups excluding tert-OH is 1. The molecule has 6 heteroatoms. The van der Waals surface area contributed by atoms with Crippen LogP contribution in [0.5, 0.6) is 0 Å². The van der Waals surface area contributed by atoms with Gasteiger partial charge < -0.3 is 23.1 Å². The van der Waals surface area contributed by atoms with Gasteiger partial charge in [0.15, 0.2) is 0 Å². The Labute approximate surface area is 146 Å². The van der Waals surface area contributed by atoms with Crippen molar-refractivity contribution in [1.82, 2.24) is 4.90 Å². The van der Waals surface area contributed by atoms with E-state index in [0.717, 1.165) is 23.0 Å². The van der Waals surface area contributed by atoms with Gasteiger partial charge in [-0.05, 0) is 43.3 Å². The van der Waals surface area contributed by atoms with E-state index in [-0.39, 0.29) is 6.61 Å². The zero-order chi connectivity index (χ0) is 17.5. The normalized spacial score (nSPS) is 12.8. The molecule has 134 valence electrons. The summed E-state index contributed by atoms with van der Waals surface area (Å²) in [5.74, 6) is 3.31. The molecule has 0 bridgehead atoms. The predicted molar refractivity (Wildman–Crippen MR) is 90.6 cm³/mol. The Kier molecular flexibility index (Phi) is 6.11. The SMILES string of the molecule is Cc1ccc(CN(Cc2ccco2)CC(O)COCc2ccco2)o1. The monoisotopic (exact) mass is 345 g/mol. The standard InChI is InChI=1S/C19H23NO5/c1-15-6-7-18(25-15)12-20(11-17-4-2-8-23-17)10-16(21)13-22-14-19-5-3-9-24-19/h2-9,16,21H,10-14H2,1H3. The summed E-state index contributed by atoms with van der Waals surface area (Å²) >= 11 is 0. The van der Waals surface area contributed by atoms with Gasteiger partial charge in [-0.2, -0.15) is 0 Å². The minimum absolute atomic E-state index is 0.229. The van der Waals surface area contributed by atoms with Crippen molar-refractivity contribution < 1.29 is 23.1 Å². The molecule has 0 amide bonds.